The first-order chi connectivity index (χ1) is 13.0. The summed E-state index contributed by atoms with van der Waals surface area (Å²) in [5.41, 5.74) is 1.83. The van der Waals surface area contributed by atoms with Crippen LogP contribution in [0, 0.1) is 0 Å². The fourth-order valence-corrected chi connectivity index (χ4v) is 2.73. The van der Waals surface area contributed by atoms with Gasteiger partial charge in [0.2, 0.25) is 0 Å². The average Bonchev–Trinajstić information content (AvgIpc) is 3.02. The Balaban J connectivity index is 1.85. The third-order valence-corrected chi connectivity index (χ3v) is 4.11. The van der Waals surface area contributed by atoms with Gasteiger partial charge in [0, 0.05) is 22.9 Å². The van der Waals surface area contributed by atoms with Gasteiger partial charge in [-0.05, 0) is 25.5 Å². The second kappa shape index (κ2) is 7.95. The van der Waals surface area contributed by atoms with Gasteiger partial charge in [-0.15, -0.1) is 0 Å². The van der Waals surface area contributed by atoms with Crippen LogP contribution in [0.25, 0.3) is 21.9 Å². The number of esters is 1. The zero-order chi connectivity index (χ0) is 19.4. The van der Waals surface area contributed by atoms with E-state index >= 15 is 0 Å². The van der Waals surface area contributed by atoms with Gasteiger partial charge in [-0.3, -0.25) is 4.79 Å². The Hall–Kier alpha value is -3.28. The number of benzene rings is 2. The van der Waals surface area contributed by atoms with Crippen LogP contribution in [0.15, 0.2) is 53.0 Å². The van der Waals surface area contributed by atoms with E-state index in [4.69, 9.17) is 13.9 Å². The molecule has 0 radical (unpaired) electrons. The number of hydrogen-bond donors (Lipinski definition) is 1. The maximum absolute atomic E-state index is 12.4. The highest BCUT2D eigenvalue weighted by Gasteiger charge is 2.19. The van der Waals surface area contributed by atoms with E-state index in [1.165, 1.54) is 20.1 Å². The molecule has 0 fully saturated rings. The molecule has 0 bridgehead atoms. The fraction of sp³-hybridized carbons (Fsp3) is 0.238. The Morgan fingerprint density at radius 1 is 1.19 bits per heavy atom. The molecule has 3 aromatic rings. The minimum absolute atomic E-state index is 0.445. The summed E-state index contributed by atoms with van der Waals surface area (Å²) in [5.74, 6) is -0.520. The highest BCUT2D eigenvalue weighted by atomic mass is 16.5. The fourth-order valence-electron chi connectivity index (χ4n) is 2.73. The highest BCUT2D eigenvalue weighted by molar-refractivity contribution is 6.08. The molecule has 6 nitrogen and oxygen atoms in total. The van der Waals surface area contributed by atoms with Gasteiger partial charge in [-0.25, -0.2) is 4.79 Å². The molecule has 27 heavy (non-hydrogen) atoms. The number of hydrogen-bond acceptors (Lipinski definition) is 5. The lowest BCUT2D eigenvalue weighted by molar-refractivity contribution is -0.148. The van der Waals surface area contributed by atoms with E-state index in [1.54, 1.807) is 12.1 Å². The van der Waals surface area contributed by atoms with Crippen molar-refractivity contribution in [3.05, 3.63) is 48.6 Å². The molecule has 1 aromatic heterocycles. The lowest BCUT2D eigenvalue weighted by Crippen LogP contribution is -2.29. The van der Waals surface area contributed by atoms with Crippen LogP contribution in [0.3, 0.4) is 0 Å². The third kappa shape index (κ3) is 3.95. The van der Waals surface area contributed by atoms with Gasteiger partial charge >= 0.3 is 5.97 Å². The number of fused-ring (bicyclic) bond motifs is 3. The standard InChI is InChI=1S/C21H21NO5/c1-4-5-10-20(23)26-13(2)21(24)22-16-12-18-15(11-19(16)25-3)14-8-6-7-9-17(14)27-18/h5-13H,4H2,1-3H3,(H,22,24)/b10-5+/t13-/m1/s1. The van der Waals surface area contributed by atoms with Crippen molar-refractivity contribution < 1.29 is 23.5 Å². The number of carbonyl (C=O) groups is 2. The summed E-state index contributed by atoms with van der Waals surface area (Å²) >= 11 is 0. The minimum atomic E-state index is -0.949. The zero-order valence-electron chi connectivity index (χ0n) is 15.4. The molecule has 0 unspecified atom stereocenters. The largest absolute Gasteiger partial charge is 0.495 e. The molecular weight excluding hydrogens is 346 g/mol. The first-order valence-electron chi connectivity index (χ1n) is 8.70. The van der Waals surface area contributed by atoms with Crippen LogP contribution in [-0.2, 0) is 14.3 Å². The normalized spacial score (nSPS) is 12.4. The van der Waals surface area contributed by atoms with Crippen LogP contribution >= 0.6 is 0 Å². The Kier molecular flexibility index (Phi) is 5.45. The van der Waals surface area contributed by atoms with Crippen molar-refractivity contribution >= 4 is 39.5 Å². The molecule has 0 saturated carbocycles. The van der Waals surface area contributed by atoms with Crippen LogP contribution in [0.1, 0.15) is 20.3 Å². The van der Waals surface area contributed by atoms with Crippen molar-refractivity contribution in [2.75, 3.05) is 12.4 Å². The number of rotatable bonds is 6. The Bertz CT molecular complexity index is 1020. The molecule has 1 atom stereocenters. The smallest absolute Gasteiger partial charge is 0.331 e. The topological polar surface area (TPSA) is 77.8 Å². The van der Waals surface area contributed by atoms with Gasteiger partial charge in [0.25, 0.3) is 5.91 Å². The van der Waals surface area contributed by atoms with E-state index in [1.807, 2.05) is 37.3 Å². The van der Waals surface area contributed by atoms with Crippen LogP contribution in [0.5, 0.6) is 5.75 Å². The molecule has 2 aromatic carbocycles. The number of methoxy groups -OCH3 is 1. The van der Waals surface area contributed by atoms with Gasteiger partial charge in [-0.2, -0.15) is 0 Å². The predicted octanol–water partition coefficient (Wildman–Crippen LogP) is 4.43. The molecule has 0 aliphatic heterocycles. The Morgan fingerprint density at radius 2 is 1.96 bits per heavy atom. The van der Waals surface area contributed by atoms with Crippen LogP contribution in [0.4, 0.5) is 5.69 Å². The number of furan rings is 1. The van der Waals surface area contributed by atoms with Crippen molar-refractivity contribution in [3.63, 3.8) is 0 Å². The number of allylic oxidation sites excluding steroid dienone is 1. The molecule has 6 heteroatoms. The van der Waals surface area contributed by atoms with Crippen LogP contribution in [0.2, 0.25) is 0 Å². The number of nitrogens with one attached hydrogen (secondary N) is 1. The summed E-state index contributed by atoms with van der Waals surface area (Å²) in [6.45, 7) is 3.42. The molecule has 1 N–H and O–H groups in total. The van der Waals surface area contributed by atoms with Gasteiger partial charge in [-0.1, -0.05) is 31.2 Å². The number of anilines is 1. The van der Waals surface area contributed by atoms with E-state index in [2.05, 4.69) is 5.32 Å². The second-order valence-corrected chi connectivity index (χ2v) is 6.03. The van der Waals surface area contributed by atoms with E-state index in [9.17, 15) is 9.59 Å². The van der Waals surface area contributed by atoms with Crippen molar-refractivity contribution in [2.24, 2.45) is 0 Å². The Labute approximate surface area is 156 Å². The molecule has 0 saturated heterocycles. The summed E-state index contributed by atoms with van der Waals surface area (Å²) in [4.78, 5) is 24.0. The van der Waals surface area contributed by atoms with Crippen LogP contribution in [-0.4, -0.2) is 25.1 Å². The lowest BCUT2D eigenvalue weighted by atomic mass is 10.1. The maximum atomic E-state index is 12.4. The van der Waals surface area contributed by atoms with Crippen molar-refractivity contribution in [1.82, 2.24) is 0 Å². The molecule has 0 aliphatic rings. The van der Waals surface area contributed by atoms with E-state index in [0.717, 1.165) is 16.4 Å². The van der Waals surface area contributed by atoms with Gasteiger partial charge in [0.15, 0.2) is 6.10 Å². The average molecular weight is 367 g/mol. The summed E-state index contributed by atoms with van der Waals surface area (Å²) in [6, 6.07) is 11.2. The zero-order valence-corrected chi connectivity index (χ0v) is 15.4. The van der Waals surface area contributed by atoms with Gasteiger partial charge in [0.05, 0.1) is 12.8 Å². The molecule has 0 spiro atoms. The third-order valence-electron chi connectivity index (χ3n) is 4.11. The summed E-state index contributed by atoms with van der Waals surface area (Å²) in [6.07, 6.45) is 2.75. The number of para-hydroxylation sites is 1. The van der Waals surface area contributed by atoms with E-state index in [-0.39, 0.29) is 0 Å². The highest BCUT2D eigenvalue weighted by Crippen LogP contribution is 2.36. The first kappa shape index (κ1) is 18.5. The van der Waals surface area contributed by atoms with Crippen molar-refractivity contribution in [3.8, 4) is 5.75 Å². The van der Waals surface area contributed by atoms with Gasteiger partial charge < -0.3 is 19.2 Å². The van der Waals surface area contributed by atoms with Crippen LogP contribution < -0.4 is 10.1 Å². The Morgan fingerprint density at radius 3 is 2.70 bits per heavy atom. The summed E-state index contributed by atoms with van der Waals surface area (Å²) < 4.78 is 16.3. The molecule has 140 valence electrons. The van der Waals surface area contributed by atoms with E-state index < -0.39 is 18.0 Å². The summed E-state index contributed by atoms with van der Waals surface area (Å²) in [5, 5.41) is 4.59. The molecular formula is C21H21NO5. The lowest BCUT2D eigenvalue weighted by Gasteiger charge is -2.14. The predicted molar refractivity (Wildman–Crippen MR) is 104 cm³/mol. The van der Waals surface area contributed by atoms with Crippen molar-refractivity contribution in [2.45, 2.75) is 26.4 Å². The van der Waals surface area contributed by atoms with Crippen molar-refractivity contribution in [1.29, 1.82) is 0 Å². The SMILES string of the molecule is CC/C=C/C(=O)O[C@H](C)C(=O)Nc1cc2oc3ccccc3c2cc1OC. The number of amides is 1. The summed E-state index contributed by atoms with van der Waals surface area (Å²) in [7, 11) is 1.53. The second-order valence-electron chi connectivity index (χ2n) is 6.03. The minimum Gasteiger partial charge on any atom is -0.495 e. The quantitative estimate of drug-likeness (QED) is 0.515. The number of ether oxygens (including phenoxy) is 2. The monoisotopic (exact) mass is 367 g/mol. The number of carbonyl (C=O) groups excluding carboxylic acids is 2. The molecule has 0 aliphatic carbocycles. The van der Waals surface area contributed by atoms with E-state index in [0.29, 0.717) is 23.4 Å². The molecule has 1 amide bonds. The first-order valence-corrected chi connectivity index (χ1v) is 8.70. The maximum Gasteiger partial charge on any atom is 0.331 e. The molecule has 3 rings (SSSR count). The van der Waals surface area contributed by atoms with Gasteiger partial charge in [0.1, 0.15) is 16.9 Å². The molecule has 1 heterocycles.